The zero-order chi connectivity index (χ0) is 11.6. The van der Waals surface area contributed by atoms with E-state index in [9.17, 15) is 18.9 Å². The van der Waals surface area contributed by atoms with Crippen molar-refractivity contribution in [2.24, 2.45) is 5.73 Å². The van der Waals surface area contributed by atoms with Crippen molar-refractivity contribution in [3.63, 3.8) is 0 Å². The van der Waals surface area contributed by atoms with Crippen molar-refractivity contribution in [1.29, 1.82) is 0 Å². The van der Waals surface area contributed by atoms with Gasteiger partial charge in [0.15, 0.2) is 0 Å². The van der Waals surface area contributed by atoms with Gasteiger partial charge in [0.2, 0.25) is 0 Å². The molecule has 0 aliphatic rings. The van der Waals surface area contributed by atoms with Crippen LogP contribution in [0, 0.1) is 10.1 Å². The van der Waals surface area contributed by atoms with E-state index in [4.69, 9.17) is 5.73 Å². The molecule has 0 radical (unpaired) electrons. The minimum atomic E-state index is -2.83. The number of nitro groups is 1. The molecule has 0 spiro atoms. The second kappa shape index (κ2) is 4.58. The Balaban J connectivity index is 3.42. The van der Waals surface area contributed by atoms with Gasteiger partial charge in [-0.2, -0.15) is 0 Å². The van der Waals surface area contributed by atoms with Gasteiger partial charge in [0.05, 0.1) is 0 Å². The molecule has 0 unspecified atom stereocenters. The van der Waals surface area contributed by atoms with Crippen LogP contribution in [-0.2, 0) is 6.54 Å². The summed E-state index contributed by atoms with van der Waals surface area (Å²) in [5.41, 5.74) is 4.83. The Hall–Kier alpha value is -1.15. The van der Waals surface area contributed by atoms with Crippen molar-refractivity contribution in [3.05, 3.63) is 31.9 Å². The highest BCUT2D eigenvalue weighted by Gasteiger charge is 2.25. The third-order valence-electron chi connectivity index (χ3n) is 1.73. The Labute approximate surface area is 91.6 Å². The van der Waals surface area contributed by atoms with Gasteiger partial charge in [-0.25, -0.2) is 8.78 Å². The lowest BCUT2D eigenvalue weighted by molar-refractivity contribution is -0.390. The van der Waals surface area contributed by atoms with E-state index in [1.54, 1.807) is 0 Å². The van der Waals surface area contributed by atoms with E-state index in [0.29, 0.717) is 0 Å². The molecule has 5 nitrogen and oxygen atoms in total. The maximum Gasteiger partial charge on any atom is 0.378 e. The minimum Gasteiger partial charge on any atom is -0.358 e. The summed E-state index contributed by atoms with van der Waals surface area (Å²) in [7, 11) is 0. The number of halogens is 3. The quantitative estimate of drug-likeness (QED) is 0.680. The summed E-state index contributed by atoms with van der Waals surface area (Å²) in [6, 6.07) is 0. The molecule has 82 valence electrons. The van der Waals surface area contributed by atoms with Gasteiger partial charge in [0.1, 0.15) is 10.7 Å². The molecule has 0 saturated carbocycles. The summed E-state index contributed by atoms with van der Waals surface area (Å²) in [5, 5.41) is 10.4. The lowest BCUT2D eigenvalue weighted by atomic mass is 10.1. The highest BCUT2D eigenvalue weighted by molar-refractivity contribution is 9.10. The Morgan fingerprint density at radius 1 is 1.67 bits per heavy atom. The third kappa shape index (κ3) is 2.26. The van der Waals surface area contributed by atoms with E-state index in [2.05, 4.69) is 20.9 Å². The van der Waals surface area contributed by atoms with Crippen molar-refractivity contribution in [2.75, 3.05) is 0 Å². The molecule has 0 amide bonds. The van der Waals surface area contributed by atoms with Crippen LogP contribution in [0.15, 0.2) is 10.7 Å². The molecule has 0 saturated heterocycles. The molecule has 8 heteroatoms. The molecule has 15 heavy (non-hydrogen) atoms. The number of hydrogen-bond acceptors (Lipinski definition) is 4. The van der Waals surface area contributed by atoms with Crippen molar-refractivity contribution < 1.29 is 13.7 Å². The normalized spacial score (nSPS) is 10.7. The second-order valence-corrected chi connectivity index (χ2v) is 3.39. The maximum atomic E-state index is 12.6. The molecule has 0 aliphatic carbocycles. The average Bonchev–Trinajstić information content (AvgIpc) is 2.15. The van der Waals surface area contributed by atoms with Crippen LogP contribution >= 0.6 is 15.9 Å². The molecule has 0 fully saturated rings. The van der Waals surface area contributed by atoms with Crippen molar-refractivity contribution in [3.8, 4) is 0 Å². The predicted molar refractivity (Wildman–Crippen MR) is 51.4 cm³/mol. The van der Waals surface area contributed by atoms with Gasteiger partial charge in [-0.1, -0.05) is 0 Å². The number of pyridine rings is 1. The van der Waals surface area contributed by atoms with Gasteiger partial charge in [0.25, 0.3) is 6.43 Å². The van der Waals surface area contributed by atoms with E-state index in [0.717, 1.165) is 6.20 Å². The molecule has 1 aromatic heterocycles. The SMILES string of the molecule is NCc1cnc([N+](=O)[O-])c(Br)c1C(F)F. The maximum absolute atomic E-state index is 12.6. The van der Waals surface area contributed by atoms with E-state index in [-0.39, 0.29) is 16.6 Å². The van der Waals surface area contributed by atoms with Crippen LogP contribution in [0.25, 0.3) is 0 Å². The molecule has 0 bridgehead atoms. The zero-order valence-electron chi connectivity index (χ0n) is 7.28. The van der Waals surface area contributed by atoms with Crippen LogP contribution in [0.3, 0.4) is 0 Å². The van der Waals surface area contributed by atoms with Crippen molar-refractivity contribution in [1.82, 2.24) is 4.98 Å². The summed E-state index contributed by atoms with van der Waals surface area (Å²) in [6.07, 6.45) is -1.84. The Morgan fingerprint density at radius 3 is 2.67 bits per heavy atom. The number of nitrogens with zero attached hydrogens (tertiary/aromatic N) is 2. The number of rotatable bonds is 3. The summed E-state index contributed by atoms with van der Waals surface area (Å²) in [4.78, 5) is 13.0. The van der Waals surface area contributed by atoms with Crippen LogP contribution in [-0.4, -0.2) is 9.91 Å². The molecule has 1 rings (SSSR count). The monoisotopic (exact) mass is 281 g/mol. The Kier molecular flexibility index (Phi) is 3.64. The first-order valence-corrected chi connectivity index (χ1v) is 4.58. The van der Waals surface area contributed by atoms with Crippen LogP contribution in [0.5, 0.6) is 0 Å². The smallest absolute Gasteiger partial charge is 0.358 e. The fraction of sp³-hybridized carbons (Fsp3) is 0.286. The first kappa shape index (κ1) is 11.9. The second-order valence-electron chi connectivity index (χ2n) is 2.60. The highest BCUT2D eigenvalue weighted by Crippen LogP contribution is 2.35. The van der Waals surface area contributed by atoms with Gasteiger partial charge in [0, 0.05) is 17.7 Å². The average molecular weight is 282 g/mol. The highest BCUT2D eigenvalue weighted by atomic mass is 79.9. The van der Waals surface area contributed by atoms with E-state index in [1.807, 2.05) is 0 Å². The van der Waals surface area contributed by atoms with Gasteiger partial charge in [-0.15, -0.1) is 0 Å². The lowest BCUT2D eigenvalue weighted by Gasteiger charge is -2.07. The van der Waals surface area contributed by atoms with Crippen LogP contribution < -0.4 is 5.73 Å². The molecule has 1 heterocycles. The Bertz CT molecular complexity index is 400. The summed E-state index contributed by atoms with van der Waals surface area (Å²) in [6.45, 7) is -0.150. The zero-order valence-corrected chi connectivity index (χ0v) is 8.87. The largest absolute Gasteiger partial charge is 0.378 e. The molecule has 0 atom stereocenters. The standard InChI is InChI=1S/C7H6BrF2N3O2/c8-5-4(6(9)10)3(1-11)2-12-7(5)13(14)15/h2,6H,1,11H2. The van der Waals surface area contributed by atoms with Crippen molar-refractivity contribution in [2.45, 2.75) is 13.0 Å². The van der Waals surface area contributed by atoms with Crippen LogP contribution in [0.4, 0.5) is 14.6 Å². The fourth-order valence-corrected chi connectivity index (χ4v) is 1.73. The minimum absolute atomic E-state index is 0.0856. The number of aromatic nitrogens is 1. The van der Waals surface area contributed by atoms with E-state index >= 15 is 0 Å². The Morgan fingerprint density at radius 2 is 2.27 bits per heavy atom. The molecule has 1 aromatic rings. The van der Waals surface area contributed by atoms with E-state index in [1.165, 1.54) is 0 Å². The first-order valence-electron chi connectivity index (χ1n) is 3.79. The van der Waals surface area contributed by atoms with Gasteiger partial charge in [-0.3, -0.25) is 0 Å². The fourth-order valence-electron chi connectivity index (χ4n) is 1.05. The van der Waals surface area contributed by atoms with Gasteiger partial charge in [-0.05, 0) is 25.8 Å². The first-order chi connectivity index (χ1) is 6.99. The molecule has 0 aliphatic heterocycles. The molecular formula is C7H6BrF2N3O2. The summed E-state index contributed by atoms with van der Waals surface area (Å²) >= 11 is 2.73. The topological polar surface area (TPSA) is 82.0 Å². The van der Waals surface area contributed by atoms with E-state index < -0.39 is 22.7 Å². The predicted octanol–water partition coefficient (Wildman–Crippen LogP) is 2.15. The van der Waals surface area contributed by atoms with Gasteiger partial charge < -0.3 is 15.8 Å². The van der Waals surface area contributed by atoms with Crippen LogP contribution in [0.1, 0.15) is 17.6 Å². The molecule has 0 aromatic carbocycles. The molecule has 2 N–H and O–H groups in total. The number of hydrogen-bond donors (Lipinski definition) is 1. The number of nitrogens with two attached hydrogens (primary N) is 1. The number of alkyl halides is 2. The summed E-state index contributed by atoms with van der Waals surface area (Å²) < 4.78 is 24.9. The summed E-state index contributed by atoms with van der Waals surface area (Å²) in [5.74, 6) is -0.637. The van der Waals surface area contributed by atoms with Crippen molar-refractivity contribution >= 4 is 21.7 Å². The van der Waals surface area contributed by atoms with Gasteiger partial charge >= 0.3 is 5.82 Å². The third-order valence-corrected chi connectivity index (χ3v) is 2.51. The lowest BCUT2D eigenvalue weighted by Crippen LogP contribution is -2.06. The van der Waals surface area contributed by atoms with Crippen LogP contribution in [0.2, 0.25) is 0 Å². The molecular weight excluding hydrogens is 276 g/mol.